The normalized spacial score (nSPS) is 21.1. The number of piperidine rings is 1. The molecule has 6 heteroatoms. The van der Waals surface area contributed by atoms with E-state index in [0.29, 0.717) is 26.1 Å². The van der Waals surface area contributed by atoms with Gasteiger partial charge in [-0.1, -0.05) is 18.2 Å². The smallest absolute Gasteiger partial charge is 0.227 e. The summed E-state index contributed by atoms with van der Waals surface area (Å²) in [6.07, 6.45) is 2.06. The molecule has 4 rings (SSSR count). The second-order valence-corrected chi connectivity index (χ2v) is 8.30. The largest absolute Gasteiger partial charge is 0.397 e. The molecule has 0 radical (unpaired) electrons. The molecule has 1 aromatic heterocycles. The Morgan fingerprint density at radius 3 is 2.61 bits per heavy atom. The maximum Gasteiger partial charge on any atom is 0.227 e. The summed E-state index contributed by atoms with van der Waals surface area (Å²) < 4.78 is 0. The van der Waals surface area contributed by atoms with Gasteiger partial charge in [0.1, 0.15) is 0 Å². The molecule has 3 heterocycles. The van der Waals surface area contributed by atoms with Gasteiger partial charge in [-0.25, -0.2) is 0 Å². The number of nitrogens with zero attached hydrogens (tertiary/aromatic N) is 3. The maximum absolute atomic E-state index is 12.9. The van der Waals surface area contributed by atoms with E-state index in [9.17, 15) is 9.59 Å². The zero-order valence-electron chi connectivity index (χ0n) is 16.6. The van der Waals surface area contributed by atoms with Crippen molar-refractivity contribution in [3.63, 3.8) is 0 Å². The Labute approximate surface area is 165 Å². The van der Waals surface area contributed by atoms with Crippen LogP contribution in [0.25, 0.3) is 10.9 Å². The molecule has 2 amide bonds. The third kappa shape index (κ3) is 3.43. The molecule has 2 saturated heterocycles. The SMILES string of the molecule is CC(C)N1CC(C(=O)N2CCC(c3nc4ccccc4cc3N)CC2)CC1=O. The average molecular weight is 380 g/mol. The van der Waals surface area contributed by atoms with Crippen LogP contribution in [0.4, 0.5) is 5.69 Å². The lowest BCUT2D eigenvalue weighted by Gasteiger charge is -2.33. The topological polar surface area (TPSA) is 79.5 Å². The maximum atomic E-state index is 12.9. The van der Waals surface area contributed by atoms with Gasteiger partial charge in [-0.2, -0.15) is 0 Å². The number of pyridine rings is 1. The molecule has 1 aromatic carbocycles. The number of nitrogen functional groups attached to an aromatic ring is 1. The van der Waals surface area contributed by atoms with E-state index < -0.39 is 0 Å². The number of nitrogens with two attached hydrogens (primary N) is 1. The van der Waals surface area contributed by atoms with E-state index in [2.05, 4.69) is 0 Å². The van der Waals surface area contributed by atoms with E-state index in [1.54, 1.807) is 0 Å². The van der Waals surface area contributed by atoms with Crippen molar-refractivity contribution in [1.82, 2.24) is 14.8 Å². The number of fused-ring (bicyclic) bond motifs is 1. The first-order valence-electron chi connectivity index (χ1n) is 10.2. The van der Waals surface area contributed by atoms with Crippen molar-refractivity contribution >= 4 is 28.4 Å². The van der Waals surface area contributed by atoms with Gasteiger partial charge >= 0.3 is 0 Å². The van der Waals surface area contributed by atoms with Crippen LogP contribution in [0.2, 0.25) is 0 Å². The van der Waals surface area contributed by atoms with Crippen LogP contribution < -0.4 is 5.73 Å². The molecular formula is C22H28N4O2. The molecule has 28 heavy (non-hydrogen) atoms. The van der Waals surface area contributed by atoms with Crippen LogP contribution in [0.1, 0.15) is 44.7 Å². The summed E-state index contributed by atoms with van der Waals surface area (Å²) in [6, 6.07) is 10.2. The molecule has 6 nitrogen and oxygen atoms in total. The number of rotatable bonds is 3. The third-order valence-electron chi connectivity index (χ3n) is 6.11. The minimum atomic E-state index is -0.199. The van der Waals surface area contributed by atoms with E-state index in [1.165, 1.54) is 0 Å². The minimum absolute atomic E-state index is 0.0939. The van der Waals surface area contributed by atoms with Gasteiger partial charge in [-0.15, -0.1) is 0 Å². The Hall–Kier alpha value is -2.63. The van der Waals surface area contributed by atoms with Crippen LogP contribution in [0.5, 0.6) is 0 Å². The van der Waals surface area contributed by atoms with Crippen LogP contribution in [0, 0.1) is 5.92 Å². The summed E-state index contributed by atoms with van der Waals surface area (Å²) in [5, 5.41) is 1.05. The Morgan fingerprint density at radius 1 is 1.21 bits per heavy atom. The Bertz CT molecular complexity index is 903. The molecule has 2 fully saturated rings. The second kappa shape index (κ2) is 7.41. The van der Waals surface area contributed by atoms with Crippen molar-refractivity contribution in [3.05, 3.63) is 36.0 Å². The molecular weight excluding hydrogens is 352 g/mol. The molecule has 2 aromatic rings. The lowest BCUT2D eigenvalue weighted by molar-refractivity contribution is -0.136. The molecule has 2 aliphatic heterocycles. The van der Waals surface area contributed by atoms with Gasteiger partial charge in [0.05, 0.1) is 22.8 Å². The van der Waals surface area contributed by atoms with Gasteiger partial charge in [0.2, 0.25) is 11.8 Å². The van der Waals surface area contributed by atoms with Crippen molar-refractivity contribution < 1.29 is 9.59 Å². The second-order valence-electron chi connectivity index (χ2n) is 8.30. The van der Waals surface area contributed by atoms with Gasteiger partial charge in [-0.3, -0.25) is 14.6 Å². The van der Waals surface area contributed by atoms with Crippen molar-refractivity contribution in [1.29, 1.82) is 0 Å². The number of hydrogen-bond donors (Lipinski definition) is 1. The molecule has 0 saturated carbocycles. The number of para-hydroxylation sites is 1. The molecule has 2 aliphatic rings. The number of carbonyl (C=O) groups excluding carboxylic acids is 2. The molecule has 0 spiro atoms. The van der Waals surface area contributed by atoms with Gasteiger partial charge < -0.3 is 15.5 Å². The zero-order valence-corrected chi connectivity index (χ0v) is 16.6. The Morgan fingerprint density at radius 2 is 1.93 bits per heavy atom. The number of benzene rings is 1. The highest BCUT2D eigenvalue weighted by atomic mass is 16.2. The van der Waals surface area contributed by atoms with Crippen molar-refractivity contribution in [2.45, 2.75) is 45.1 Å². The molecule has 2 N–H and O–H groups in total. The Kier molecular flexibility index (Phi) is 4.96. The minimum Gasteiger partial charge on any atom is -0.397 e. The van der Waals surface area contributed by atoms with Gasteiger partial charge in [0.25, 0.3) is 0 Å². The van der Waals surface area contributed by atoms with E-state index >= 15 is 0 Å². The van der Waals surface area contributed by atoms with Crippen LogP contribution in [0.15, 0.2) is 30.3 Å². The van der Waals surface area contributed by atoms with Gasteiger partial charge in [0, 0.05) is 43.4 Å². The lowest BCUT2D eigenvalue weighted by atomic mass is 9.91. The lowest BCUT2D eigenvalue weighted by Crippen LogP contribution is -2.42. The first-order valence-corrected chi connectivity index (χ1v) is 10.2. The highest BCUT2D eigenvalue weighted by Crippen LogP contribution is 2.33. The zero-order chi connectivity index (χ0) is 19.8. The number of likely N-dealkylation sites (tertiary alicyclic amines) is 2. The van der Waals surface area contributed by atoms with E-state index in [0.717, 1.165) is 35.1 Å². The van der Waals surface area contributed by atoms with Gasteiger partial charge in [-0.05, 0) is 38.8 Å². The van der Waals surface area contributed by atoms with Crippen molar-refractivity contribution in [2.75, 3.05) is 25.4 Å². The summed E-state index contributed by atoms with van der Waals surface area (Å²) in [6.45, 7) is 5.94. The highest BCUT2D eigenvalue weighted by molar-refractivity contribution is 5.89. The van der Waals surface area contributed by atoms with Crippen molar-refractivity contribution in [3.8, 4) is 0 Å². The van der Waals surface area contributed by atoms with E-state index in [4.69, 9.17) is 10.7 Å². The third-order valence-corrected chi connectivity index (χ3v) is 6.11. The predicted octanol–water partition coefficient (Wildman–Crippen LogP) is 2.78. The standard InChI is InChI=1S/C22H28N4O2/c1-14(2)26-13-17(12-20(26)27)22(28)25-9-7-15(8-10-25)21-18(23)11-16-5-3-4-6-19(16)24-21/h3-6,11,14-15,17H,7-10,12-13,23H2,1-2H3. The first-order chi connectivity index (χ1) is 13.4. The predicted molar refractivity (Wildman–Crippen MR) is 110 cm³/mol. The average Bonchev–Trinajstić information content (AvgIpc) is 3.09. The van der Waals surface area contributed by atoms with Crippen molar-refractivity contribution in [2.24, 2.45) is 5.92 Å². The number of amides is 2. The van der Waals surface area contributed by atoms with Crippen LogP contribution in [-0.4, -0.2) is 52.3 Å². The number of carbonyl (C=O) groups is 2. The summed E-state index contributed by atoms with van der Waals surface area (Å²) >= 11 is 0. The number of anilines is 1. The molecule has 1 unspecified atom stereocenters. The van der Waals surface area contributed by atoms with E-state index in [-0.39, 0.29) is 29.7 Å². The molecule has 148 valence electrons. The van der Waals surface area contributed by atoms with Crippen LogP contribution in [0.3, 0.4) is 0 Å². The fourth-order valence-electron chi connectivity index (χ4n) is 4.50. The summed E-state index contributed by atoms with van der Waals surface area (Å²) in [7, 11) is 0. The molecule has 1 atom stereocenters. The quantitative estimate of drug-likeness (QED) is 0.888. The Balaban J connectivity index is 1.42. The fraction of sp³-hybridized carbons (Fsp3) is 0.500. The number of aromatic nitrogens is 1. The summed E-state index contributed by atoms with van der Waals surface area (Å²) in [4.78, 5) is 33.6. The molecule has 0 aliphatic carbocycles. The summed E-state index contributed by atoms with van der Waals surface area (Å²) in [5.74, 6) is 0.284. The number of hydrogen-bond acceptors (Lipinski definition) is 4. The van der Waals surface area contributed by atoms with E-state index in [1.807, 2.05) is 54.0 Å². The first kappa shape index (κ1) is 18.7. The van der Waals surface area contributed by atoms with Crippen LogP contribution in [-0.2, 0) is 9.59 Å². The van der Waals surface area contributed by atoms with Crippen LogP contribution >= 0.6 is 0 Å². The monoisotopic (exact) mass is 380 g/mol. The fourth-order valence-corrected chi connectivity index (χ4v) is 4.50. The highest BCUT2D eigenvalue weighted by Gasteiger charge is 2.38. The molecule has 0 bridgehead atoms. The van der Waals surface area contributed by atoms with Gasteiger partial charge in [0.15, 0.2) is 0 Å². The summed E-state index contributed by atoms with van der Waals surface area (Å²) in [5.41, 5.74) is 8.93.